The minimum atomic E-state index is -0.311. The molecule has 0 atom stereocenters. The molecule has 1 N–H and O–H groups in total. The first kappa shape index (κ1) is 19.5. The van der Waals surface area contributed by atoms with Gasteiger partial charge in [-0.2, -0.15) is 0 Å². The molecule has 1 aliphatic rings. The van der Waals surface area contributed by atoms with Crippen LogP contribution in [0.1, 0.15) is 12.8 Å². The monoisotopic (exact) mass is 454 g/mol. The highest BCUT2D eigenvalue weighted by atomic mass is 79.9. The number of anilines is 2. The number of nitrogens with one attached hydrogen (secondary N) is 1. The molecule has 2 heterocycles. The number of piperidine rings is 1. The molecule has 1 aliphatic heterocycles. The summed E-state index contributed by atoms with van der Waals surface area (Å²) in [5.74, 6) is 1.01. The van der Waals surface area contributed by atoms with Crippen LogP contribution in [0.15, 0.2) is 65.3 Å². The number of hydrogen-bond acceptors (Lipinski definition) is 4. The van der Waals surface area contributed by atoms with Gasteiger partial charge >= 0.3 is 0 Å². The summed E-state index contributed by atoms with van der Waals surface area (Å²) in [4.78, 5) is 23.6. The molecule has 4 rings (SSSR count). The van der Waals surface area contributed by atoms with Gasteiger partial charge in [0.05, 0.1) is 0 Å². The van der Waals surface area contributed by atoms with Crippen molar-refractivity contribution in [2.75, 3.05) is 23.3 Å². The molecule has 2 aromatic carbocycles. The summed E-state index contributed by atoms with van der Waals surface area (Å²) >= 11 is 3.39. The zero-order valence-electron chi connectivity index (χ0n) is 15.7. The highest BCUT2D eigenvalue weighted by Crippen LogP contribution is 2.25. The molecule has 148 valence electrons. The van der Waals surface area contributed by atoms with Crippen molar-refractivity contribution >= 4 is 33.3 Å². The Morgan fingerprint density at radius 3 is 2.59 bits per heavy atom. The van der Waals surface area contributed by atoms with E-state index in [0.717, 1.165) is 41.9 Å². The Labute approximate surface area is 177 Å². The number of rotatable bonds is 4. The van der Waals surface area contributed by atoms with Gasteiger partial charge in [0.1, 0.15) is 11.6 Å². The van der Waals surface area contributed by atoms with Crippen molar-refractivity contribution < 1.29 is 9.18 Å². The lowest BCUT2D eigenvalue weighted by molar-refractivity contribution is -0.120. The van der Waals surface area contributed by atoms with Gasteiger partial charge < -0.3 is 10.2 Å². The van der Waals surface area contributed by atoms with Crippen molar-refractivity contribution in [2.45, 2.75) is 12.8 Å². The second-order valence-electron chi connectivity index (χ2n) is 7.01. The van der Waals surface area contributed by atoms with Gasteiger partial charge in [-0.3, -0.25) is 4.79 Å². The number of aromatic nitrogens is 2. The number of carbonyl (C=O) groups is 1. The SMILES string of the molecule is O=C(Nc1ccc(Br)cc1)C1CCN(c2ccnc(-c3cccc(F)c3)n2)CC1. The van der Waals surface area contributed by atoms with Crippen molar-refractivity contribution in [1.82, 2.24) is 9.97 Å². The fraction of sp³-hybridized carbons (Fsp3) is 0.227. The van der Waals surface area contributed by atoms with Gasteiger partial charge in [0.15, 0.2) is 5.82 Å². The van der Waals surface area contributed by atoms with Gasteiger partial charge in [0.2, 0.25) is 5.91 Å². The molecule has 3 aromatic rings. The lowest BCUT2D eigenvalue weighted by Crippen LogP contribution is -2.38. The van der Waals surface area contributed by atoms with Gasteiger partial charge in [0, 0.05) is 40.9 Å². The highest BCUT2D eigenvalue weighted by molar-refractivity contribution is 9.10. The number of amides is 1. The molecule has 29 heavy (non-hydrogen) atoms. The van der Waals surface area contributed by atoms with Crippen LogP contribution in [0, 0.1) is 11.7 Å². The third-order valence-corrected chi connectivity index (χ3v) is 5.55. The summed E-state index contributed by atoms with van der Waals surface area (Å²) in [5.41, 5.74) is 1.45. The maximum absolute atomic E-state index is 13.5. The summed E-state index contributed by atoms with van der Waals surface area (Å²) < 4.78 is 14.5. The topological polar surface area (TPSA) is 58.1 Å². The molecule has 1 saturated heterocycles. The smallest absolute Gasteiger partial charge is 0.227 e. The van der Waals surface area contributed by atoms with Crippen LogP contribution in [0.4, 0.5) is 15.9 Å². The van der Waals surface area contributed by atoms with Crippen molar-refractivity contribution in [3.05, 3.63) is 71.1 Å². The van der Waals surface area contributed by atoms with Gasteiger partial charge in [-0.25, -0.2) is 14.4 Å². The minimum absolute atomic E-state index is 0.0283. The van der Waals surface area contributed by atoms with E-state index < -0.39 is 0 Å². The van der Waals surface area contributed by atoms with Crippen molar-refractivity contribution in [1.29, 1.82) is 0 Å². The lowest BCUT2D eigenvalue weighted by Gasteiger charge is -2.32. The van der Waals surface area contributed by atoms with Crippen LogP contribution >= 0.6 is 15.9 Å². The third kappa shape index (κ3) is 4.79. The molecule has 0 bridgehead atoms. The Kier molecular flexibility index (Phi) is 5.85. The largest absolute Gasteiger partial charge is 0.356 e. The van der Waals surface area contributed by atoms with E-state index in [2.05, 4.69) is 36.1 Å². The zero-order valence-corrected chi connectivity index (χ0v) is 17.3. The molecule has 0 unspecified atom stereocenters. The molecular weight excluding hydrogens is 435 g/mol. The molecule has 0 aliphatic carbocycles. The second kappa shape index (κ2) is 8.69. The van der Waals surface area contributed by atoms with Crippen molar-refractivity contribution in [3.8, 4) is 11.4 Å². The van der Waals surface area contributed by atoms with E-state index >= 15 is 0 Å². The molecule has 0 spiro atoms. The fourth-order valence-electron chi connectivity index (χ4n) is 3.44. The molecule has 1 amide bonds. The van der Waals surface area contributed by atoms with E-state index in [0.29, 0.717) is 11.4 Å². The molecule has 5 nitrogen and oxygen atoms in total. The van der Waals surface area contributed by atoms with Gasteiger partial charge in [-0.15, -0.1) is 0 Å². The minimum Gasteiger partial charge on any atom is -0.356 e. The van der Waals surface area contributed by atoms with E-state index in [1.807, 2.05) is 30.3 Å². The van der Waals surface area contributed by atoms with Gasteiger partial charge in [-0.05, 0) is 55.3 Å². The number of nitrogens with zero attached hydrogens (tertiary/aromatic N) is 3. The summed E-state index contributed by atoms with van der Waals surface area (Å²) in [6, 6.07) is 15.7. The van der Waals surface area contributed by atoms with Crippen LogP contribution in [-0.4, -0.2) is 29.0 Å². The van der Waals surface area contributed by atoms with Crippen molar-refractivity contribution in [2.24, 2.45) is 5.92 Å². The number of benzene rings is 2. The summed E-state index contributed by atoms with van der Waals surface area (Å²) in [7, 11) is 0. The van der Waals surface area contributed by atoms with Crippen LogP contribution in [-0.2, 0) is 4.79 Å². The molecule has 1 aromatic heterocycles. The van der Waals surface area contributed by atoms with E-state index in [4.69, 9.17) is 0 Å². The predicted molar refractivity (Wildman–Crippen MR) is 115 cm³/mol. The van der Waals surface area contributed by atoms with Crippen LogP contribution in [0.3, 0.4) is 0 Å². The van der Waals surface area contributed by atoms with E-state index in [1.165, 1.54) is 12.1 Å². The first-order valence-corrected chi connectivity index (χ1v) is 10.3. The van der Waals surface area contributed by atoms with E-state index in [1.54, 1.807) is 18.3 Å². The Bertz CT molecular complexity index is 1000. The molecule has 0 radical (unpaired) electrons. The fourth-order valence-corrected chi connectivity index (χ4v) is 3.70. The van der Waals surface area contributed by atoms with E-state index in [-0.39, 0.29) is 17.6 Å². The van der Waals surface area contributed by atoms with Crippen LogP contribution < -0.4 is 10.2 Å². The first-order valence-electron chi connectivity index (χ1n) is 9.49. The van der Waals surface area contributed by atoms with E-state index in [9.17, 15) is 9.18 Å². The van der Waals surface area contributed by atoms with Crippen LogP contribution in [0.2, 0.25) is 0 Å². The molecule has 1 fully saturated rings. The molecular formula is C22H20BrFN4O. The van der Waals surface area contributed by atoms with Gasteiger partial charge in [0.25, 0.3) is 0 Å². The standard InChI is InChI=1S/C22H20BrFN4O/c23-17-4-6-19(7-5-17)26-22(29)15-9-12-28(13-10-15)20-8-11-25-21(27-20)16-2-1-3-18(24)14-16/h1-8,11,14-15H,9-10,12-13H2,(H,26,29). The number of hydrogen-bond donors (Lipinski definition) is 1. The summed E-state index contributed by atoms with van der Waals surface area (Å²) in [6.07, 6.45) is 3.19. The highest BCUT2D eigenvalue weighted by Gasteiger charge is 2.26. The maximum Gasteiger partial charge on any atom is 0.227 e. The molecule has 0 saturated carbocycles. The summed E-state index contributed by atoms with van der Waals surface area (Å²) in [6.45, 7) is 1.47. The van der Waals surface area contributed by atoms with Crippen LogP contribution in [0.25, 0.3) is 11.4 Å². The Morgan fingerprint density at radius 2 is 1.86 bits per heavy atom. The third-order valence-electron chi connectivity index (χ3n) is 5.03. The zero-order chi connectivity index (χ0) is 20.2. The lowest BCUT2D eigenvalue weighted by atomic mass is 9.96. The Morgan fingerprint density at radius 1 is 1.10 bits per heavy atom. The summed E-state index contributed by atoms with van der Waals surface area (Å²) in [5, 5.41) is 2.99. The average molecular weight is 455 g/mol. The van der Waals surface area contributed by atoms with Crippen molar-refractivity contribution in [3.63, 3.8) is 0 Å². The quantitative estimate of drug-likeness (QED) is 0.608. The normalized spacial score (nSPS) is 14.6. The Hall–Kier alpha value is -2.80. The maximum atomic E-state index is 13.5. The first-order chi connectivity index (χ1) is 14.1. The average Bonchev–Trinajstić information content (AvgIpc) is 2.75. The number of halogens is 2. The van der Waals surface area contributed by atoms with Gasteiger partial charge in [-0.1, -0.05) is 28.1 Å². The van der Waals surface area contributed by atoms with Crippen LogP contribution in [0.5, 0.6) is 0 Å². The molecule has 7 heteroatoms. The number of carbonyl (C=O) groups excluding carboxylic acids is 1. The second-order valence-corrected chi connectivity index (χ2v) is 7.92. The predicted octanol–water partition coefficient (Wildman–Crippen LogP) is 4.90. The Balaban J connectivity index is 1.39.